The van der Waals surface area contributed by atoms with Crippen molar-refractivity contribution in [2.75, 3.05) is 6.54 Å². The number of halogens is 1. The van der Waals surface area contributed by atoms with Gasteiger partial charge in [-0.05, 0) is 49.9 Å². The third kappa shape index (κ3) is 3.93. The van der Waals surface area contributed by atoms with Crippen LogP contribution in [0.15, 0.2) is 47.1 Å². The molecule has 1 aromatic carbocycles. The van der Waals surface area contributed by atoms with E-state index in [0.717, 1.165) is 24.8 Å². The van der Waals surface area contributed by atoms with Gasteiger partial charge in [0.15, 0.2) is 0 Å². The Kier molecular flexibility index (Phi) is 5.14. The Balaban J connectivity index is 1.54. The van der Waals surface area contributed by atoms with E-state index >= 15 is 0 Å². The lowest BCUT2D eigenvalue weighted by molar-refractivity contribution is 0.0563. The quantitative estimate of drug-likeness (QED) is 0.687. The number of carbonyl (C=O) groups is 1. The van der Waals surface area contributed by atoms with Crippen molar-refractivity contribution in [2.45, 2.75) is 38.6 Å². The lowest BCUT2D eigenvalue weighted by Crippen LogP contribution is -2.39. The van der Waals surface area contributed by atoms with Crippen molar-refractivity contribution < 1.29 is 13.6 Å². The SMILES string of the molecule is Cc1nccc(C(=O)N2CCCC[C@@H]2c2ncc(Cc3ccc(F)cc3)o2)n1. The van der Waals surface area contributed by atoms with Crippen molar-refractivity contribution in [3.8, 4) is 0 Å². The van der Waals surface area contributed by atoms with Gasteiger partial charge in [-0.25, -0.2) is 19.3 Å². The van der Waals surface area contributed by atoms with Crippen molar-refractivity contribution in [1.29, 1.82) is 0 Å². The van der Waals surface area contributed by atoms with E-state index in [4.69, 9.17) is 4.42 Å². The summed E-state index contributed by atoms with van der Waals surface area (Å²) in [5.41, 5.74) is 1.33. The number of rotatable bonds is 4. The van der Waals surface area contributed by atoms with Gasteiger partial charge in [0.05, 0.1) is 6.20 Å². The molecule has 1 amide bonds. The molecule has 0 aliphatic carbocycles. The molecule has 1 aliphatic rings. The van der Waals surface area contributed by atoms with Crippen molar-refractivity contribution >= 4 is 5.91 Å². The average molecular weight is 380 g/mol. The molecule has 0 radical (unpaired) electrons. The fourth-order valence-electron chi connectivity index (χ4n) is 3.52. The molecule has 1 aliphatic heterocycles. The minimum atomic E-state index is -0.265. The summed E-state index contributed by atoms with van der Waals surface area (Å²) in [4.78, 5) is 27.5. The lowest BCUT2D eigenvalue weighted by atomic mass is 10.0. The summed E-state index contributed by atoms with van der Waals surface area (Å²) in [6.45, 7) is 2.41. The summed E-state index contributed by atoms with van der Waals surface area (Å²) in [6.07, 6.45) is 6.55. The number of piperidine rings is 1. The van der Waals surface area contributed by atoms with Crippen LogP contribution >= 0.6 is 0 Å². The van der Waals surface area contributed by atoms with Crippen LogP contribution in [-0.4, -0.2) is 32.3 Å². The molecular formula is C21H21FN4O2. The first-order valence-electron chi connectivity index (χ1n) is 9.40. The summed E-state index contributed by atoms with van der Waals surface area (Å²) in [5, 5.41) is 0. The van der Waals surface area contributed by atoms with E-state index in [9.17, 15) is 9.18 Å². The van der Waals surface area contributed by atoms with Gasteiger partial charge in [0.1, 0.15) is 29.1 Å². The summed E-state index contributed by atoms with van der Waals surface area (Å²) in [6, 6.07) is 7.74. The van der Waals surface area contributed by atoms with Gasteiger partial charge in [0, 0.05) is 19.2 Å². The predicted molar refractivity (Wildman–Crippen MR) is 100 cm³/mol. The van der Waals surface area contributed by atoms with Crippen LogP contribution in [0, 0.1) is 12.7 Å². The lowest BCUT2D eigenvalue weighted by Gasteiger charge is -2.33. The second-order valence-corrected chi connectivity index (χ2v) is 6.97. The molecular weight excluding hydrogens is 359 g/mol. The number of benzene rings is 1. The van der Waals surface area contributed by atoms with Crippen LogP contribution in [0.25, 0.3) is 0 Å². The van der Waals surface area contributed by atoms with Gasteiger partial charge >= 0.3 is 0 Å². The number of aromatic nitrogens is 3. The normalized spacial score (nSPS) is 16.9. The van der Waals surface area contributed by atoms with Gasteiger partial charge in [-0.2, -0.15) is 0 Å². The second kappa shape index (κ2) is 7.88. The van der Waals surface area contributed by atoms with Crippen LogP contribution in [0.2, 0.25) is 0 Å². The van der Waals surface area contributed by atoms with Gasteiger partial charge in [0.2, 0.25) is 5.89 Å². The molecule has 4 rings (SSSR count). The van der Waals surface area contributed by atoms with Gasteiger partial charge in [-0.15, -0.1) is 0 Å². The van der Waals surface area contributed by atoms with E-state index in [1.165, 1.54) is 12.1 Å². The highest BCUT2D eigenvalue weighted by Crippen LogP contribution is 2.32. The highest BCUT2D eigenvalue weighted by atomic mass is 19.1. The van der Waals surface area contributed by atoms with Gasteiger partial charge in [-0.3, -0.25) is 4.79 Å². The molecule has 6 nitrogen and oxygen atoms in total. The molecule has 0 saturated carbocycles. The summed E-state index contributed by atoms with van der Waals surface area (Å²) >= 11 is 0. The molecule has 3 aromatic rings. The smallest absolute Gasteiger partial charge is 0.273 e. The third-order valence-electron chi connectivity index (χ3n) is 4.91. The zero-order chi connectivity index (χ0) is 19.5. The van der Waals surface area contributed by atoms with Crippen molar-refractivity contribution in [2.24, 2.45) is 0 Å². The number of carbonyl (C=O) groups excluding carboxylic acids is 1. The van der Waals surface area contributed by atoms with Crippen molar-refractivity contribution in [3.63, 3.8) is 0 Å². The van der Waals surface area contributed by atoms with Crippen LogP contribution in [0.4, 0.5) is 4.39 Å². The predicted octanol–water partition coefficient (Wildman–Crippen LogP) is 3.87. The van der Waals surface area contributed by atoms with E-state index < -0.39 is 0 Å². The molecule has 1 atom stereocenters. The molecule has 7 heteroatoms. The maximum atomic E-state index is 13.1. The molecule has 0 unspecified atom stereocenters. The molecule has 2 aromatic heterocycles. The van der Waals surface area contributed by atoms with Crippen LogP contribution in [-0.2, 0) is 6.42 Å². The Hall–Kier alpha value is -3.09. The monoisotopic (exact) mass is 380 g/mol. The summed E-state index contributed by atoms with van der Waals surface area (Å²) < 4.78 is 19.0. The Morgan fingerprint density at radius 3 is 2.82 bits per heavy atom. The Morgan fingerprint density at radius 2 is 2.04 bits per heavy atom. The van der Waals surface area contributed by atoms with E-state index in [0.29, 0.717) is 36.1 Å². The number of likely N-dealkylation sites (tertiary alicyclic amines) is 1. The number of hydrogen-bond donors (Lipinski definition) is 0. The topological polar surface area (TPSA) is 72.1 Å². The number of oxazole rings is 1. The first-order valence-corrected chi connectivity index (χ1v) is 9.40. The number of nitrogens with zero attached hydrogens (tertiary/aromatic N) is 4. The molecule has 3 heterocycles. The Bertz CT molecular complexity index is 971. The number of aryl methyl sites for hydroxylation is 1. The minimum Gasteiger partial charge on any atom is -0.443 e. The zero-order valence-electron chi connectivity index (χ0n) is 15.6. The maximum absolute atomic E-state index is 13.1. The largest absolute Gasteiger partial charge is 0.443 e. The second-order valence-electron chi connectivity index (χ2n) is 6.97. The Morgan fingerprint density at radius 1 is 1.21 bits per heavy atom. The summed E-state index contributed by atoms with van der Waals surface area (Å²) in [7, 11) is 0. The Labute approximate surface area is 162 Å². The van der Waals surface area contributed by atoms with Crippen LogP contribution in [0.3, 0.4) is 0 Å². The fraction of sp³-hybridized carbons (Fsp3) is 0.333. The van der Waals surface area contributed by atoms with E-state index in [1.807, 2.05) is 0 Å². The number of hydrogen-bond acceptors (Lipinski definition) is 5. The fourth-order valence-corrected chi connectivity index (χ4v) is 3.52. The first-order chi connectivity index (χ1) is 13.6. The van der Waals surface area contributed by atoms with E-state index in [-0.39, 0.29) is 17.8 Å². The summed E-state index contributed by atoms with van der Waals surface area (Å²) in [5.74, 6) is 1.40. The van der Waals surface area contributed by atoms with Crippen LogP contribution in [0.5, 0.6) is 0 Å². The van der Waals surface area contributed by atoms with Gasteiger partial charge in [0.25, 0.3) is 5.91 Å². The van der Waals surface area contributed by atoms with E-state index in [2.05, 4.69) is 15.0 Å². The van der Waals surface area contributed by atoms with Gasteiger partial charge < -0.3 is 9.32 Å². The van der Waals surface area contributed by atoms with E-state index in [1.54, 1.807) is 42.4 Å². The minimum absolute atomic E-state index is 0.131. The average Bonchev–Trinajstić information content (AvgIpc) is 3.17. The van der Waals surface area contributed by atoms with Crippen LogP contribution in [0.1, 0.15) is 58.8 Å². The highest BCUT2D eigenvalue weighted by molar-refractivity contribution is 5.92. The first kappa shape index (κ1) is 18.3. The molecule has 144 valence electrons. The van der Waals surface area contributed by atoms with Crippen molar-refractivity contribution in [3.05, 3.63) is 77.3 Å². The zero-order valence-corrected chi connectivity index (χ0v) is 15.6. The third-order valence-corrected chi connectivity index (χ3v) is 4.91. The standard InChI is InChI=1S/C21H21FN4O2/c1-14-23-10-9-18(25-14)21(27)26-11-3-2-4-19(26)20-24-13-17(28-20)12-15-5-7-16(22)8-6-15/h5-10,13,19H,2-4,11-12H2,1H3/t19-/m1/s1. The number of amides is 1. The maximum Gasteiger partial charge on any atom is 0.273 e. The van der Waals surface area contributed by atoms with Crippen LogP contribution < -0.4 is 0 Å². The molecule has 0 N–H and O–H groups in total. The molecule has 0 bridgehead atoms. The molecule has 28 heavy (non-hydrogen) atoms. The van der Waals surface area contributed by atoms with Gasteiger partial charge in [-0.1, -0.05) is 12.1 Å². The highest BCUT2D eigenvalue weighted by Gasteiger charge is 2.32. The molecule has 1 saturated heterocycles. The molecule has 0 spiro atoms. The molecule has 1 fully saturated rings. The van der Waals surface area contributed by atoms with Crippen molar-refractivity contribution in [1.82, 2.24) is 19.9 Å².